The van der Waals surface area contributed by atoms with Gasteiger partial charge in [-0.05, 0) is 60.5 Å². The number of anilines is 1. The fraction of sp³-hybridized carbons (Fsp3) is 0.231. The zero-order valence-electron chi connectivity index (χ0n) is 19.4. The maximum absolute atomic E-state index is 14.2. The number of carbonyl (C=O) groups excluding carboxylic acids is 2. The van der Waals surface area contributed by atoms with E-state index in [4.69, 9.17) is 49.0 Å². The highest BCUT2D eigenvalue weighted by molar-refractivity contribution is 6.38. The number of halogens is 3. The van der Waals surface area contributed by atoms with Crippen LogP contribution in [0.3, 0.4) is 0 Å². The number of benzene rings is 3. The van der Waals surface area contributed by atoms with E-state index in [1.165, 1.54) is 7.11 Å². The number of esters is 1. The summed E-state index contributed by atoms with van der Waals surface area (Å²) >= 11 is 19.6. The summed E-state index contributed by atoms with van der Waals surface area (Å²) in [5.74, 6) is 0.363. The van der Waals surface area contributed by atoms with E-state index >= 15 is 0 Å². The fourth-order valence-corrected chi connectivity index (χ4v) is 5.33. The molecule has 1 amide bonds. The predicted octanol–water partition coefficient (Wildman–Crippen LogP) is 6.30. The van der Waals surface area contributed by atoms with E-state index in [1.54, 1.807) is 68.5 Å². The van der Waals surface area contributed by atoms with Gasteiger partial charge in [-0.3, -0.25) is 4.79 Å². The molecule has 35 heavy (non-hydrogen) atoms. The molecule has 0 radical (unpaired) electrons. The van der Waals surface area contributed by atoms with Crippen LogP contribution in [0.2, 0.25) is 15.1 Å². The summed E-state index contributed by atoms with van der Waals surface area (Å²) in [5.41, 5.74) is 1.28. The van der Waals surface area contributed by atoms with Gasteiger partial charge in [0.15, 0.2) is 0 Å². The van der Waals surface area contributed by atoms with E-state index in [2.05, 4.69) is 0 Å². The fourth-order valence-electron chi connectivity index (χ4n) is 4.43. The zero-order valence-corrected chi connectivity index (χ0v) is 21.7. The van der Waals surface area contributed by atoms with E-state index in [-0.39, 0.29) is 18.0 Å². The summed E-state index contributed by atoms with van der Waals surface area (Å²) in [4.78, 5) is 28.0. The van der Waals surface area contributed by atoms with Crippen molar-refractivity contribution >= 4 is 52.4 Å². The summed E-state index contributed by atoms with van der Waals surface area (Å²) < 4.78 is 15.7. The normalized spacial score (nSPS) is 16.8. The molecule has 1 atom stereocenters. The van der Waals surface area contributed by atoms with Gasteiger partial charge < -0.3 is 19.1 Å². The second-order valence-electron chi connectivity index (χ2n) is 8.16. The highest BCUT2D eigenvalue weighted by Crippen LogP contribution is 2.52. The Labute approximate surface area is 218 Å². The Hall–Kier alpha value is -2.93. The van der Waals surface area contributed by atoms with E-state index in [1.807, 2.05) is 6.07 Å². The van der Waals surface area contributed by atoms with Crippen LogP contribution in [0, 0.1) is 0 Å². The molecule has 0 aliphatic carbocycles. The zero-order chi connectivity index (χ0) is 25.5. The van der Waals surface area contributed by atoms with Crippen molar-refractivity contribution in [2.24, 2.45) is 0 Å². The van der Waals surface area contributed by atoms with Gasteiger partial charge in [-0.2, -0.15) is 0 Å². The lowest BCUT2D eigenvalue weighted by Gasteiger charge is -2.27. The number of rotatable bonds is 6. The van der Waals surface area contributed by atoms with Crippen LogP contribution in [-0.2, 0) is 21.5 Å². The van der Waals surface area contributed by atoms with Crippen LogP contribution in [0.15, 0.2) is 48.5 Å². The lowest BCUT2D eigenvalue weighted by Crippen LogP contribution is -2.39. The molecule has 0 saturated carbocycles. The summed E-state index contributed by atoms with van der Waals surface area (Å²) in [6, 6.07) is 13.3. The smallest absolute Gasteiger partial charge is 0.337 e. The van der Waals surface area contributed by atoms with Gasteiger partial charge in [-0.25, -0.2) is 4.79 Å². The number of amides is 1. The van der Waals surface area contributed by atoms with Crippen LogP contribution in [0.1, 0.15) is 34.0 Å². The molecule has 0 fully saturated rings. The minimum Gasteiger partial charge on any atom is -0.497 e. The monoisotopic (exact) mass is 533 g/mol. The van der Waals surface area contributed by atoms with Gasteiger partial charge in [0.25, 0.3) is 0 Å². The molecule has 0 spiro atoms. The number of fused-ring (bicyclic) bond motifs is 1. The quantitative estimate of drug-likeness (QED) is 0.347. The molecule has 3 aromatic carbocycles. The van der Waals surface area contributed by atoms with Gasteiger partial charge in [0, 0.05) is 21.7 Å². The number of hydrogen-bond acceptors (Lipinski definition) is 5. The second-order valence-corrected chi connectivity index (χ2v) is 9.41. The van der Waals surface area contributed by atoms with Crippen LogP contribution < -0.4 is 14.4 Å². The predicted molar refractivity (Wildman–Crippen MR) is 136 cm³/mol. The van der Waals surface area contributed by atoms with Crippen LogP contribution in [0.5, 0.6) is 11.5 Å². The van der Waals surface area contributed by atoms with Crippen molar-refractivity contribution in [3.63, 3.8) is 0 Å². The van der Waals surface area contributed by atoms with Gasteiger partial charge >= 0.3 is 5.97 Å². The molecule has 1 unspecified atom stereocenters. The average Bonchev–Trinajstić information content (AvgIpc) is 3.06. The summed E-state index contributed by atoms with van der Waals surface area (Å²) in [6.07, 6.45) is 0. The minimum atomic E-state index is -1.27. The number of carbonyl (C=O) groups is 2. The molecule has 0 saturated heterocycles. The van der Waals surface area contributed by atoms with Crippen LogP contribution >= 0.6 is 34.8 Å². The Kier molecular flexibility index (Phi) is 6.91. The van der Waals surface area contributed by atoms with Crippen LogP contribution in [0.4, 0.5) is 5.69 Å². The maximum Gasteiger partial charge on any atom is 0.337 e. The van der Waals surface area contributed by atoms with Gasteiger partial charge in [0.2, 0.25) is 5.91 Å². The van der Waals surface area contributed by atoms with Crippen molar-refractivity contribution in [3.05, 3.63) is 85.9 Å². The highest BCUT2D eigenvalue weighted by atomic mass is 35.5. The van der Waals surface area contributed by atoms with Gasteiger partial charge in [0.05, 0.1) is 44.1 Å². The van der Waals surface area contributed by atoms with Gasteiger partial charge in [-0.1, -0.05) is 34.8 Å². The molecule has 1 aliphatic heterocycles. The van der Waals surface area contributed by atoms with E-state index in [0.29, 0.717) is 43.4 Å². The molecule has 1 aliphatic rings. The maximum atomic E-state index is 14.2. The highest BCUT2D eigenvalue weighted by Gasteiger charge is 2.51. The first-order valence-electron chi connectivity index (χ1n) is 10.6. The first-order valence-corrected chi connectivity index (χ1v) is 11.7. The van der Waals surface area contributed by atoms with Crippen LogP contribution in [0.25, 0.3) is 0 Å². The van der Waals surface area contributed by atoms with Crippen molar-refractivity contribution in [1.82, 2.24) is 0 Å². The molecule has 3 aromatic rings. The van der Waals surface area contributed by atoms with E-state index in [0.717, 1.165) is 5.56 Å². The van der Waals surface area contributed by atoms with Crippen molar-refractivity contribution in [3.8, 4) is 11.5 Å². The molecule has 182 valence electrons. The molecule has 6 nitrogen and oxygen atoms in total. The molecule has 0 aromatic heterocycles. The number of methoxy groups -OCH3 is 3. The Bertz CT molecular complexity index is 1340. The van der Waals surface area contributed by atoms with Crippen molar-refractivity contribution in [2.75, 3.05) is 26.2 Å². The molecule has 0 bridgehead atoms. The lowest BCUT2D eigenvalue weighted by molar-refractivity contribution is -0.121. The third-order valence-electron chi connectivity index (χ3n) is 6.26. The second kappa shape index (κ2) is 9.61. The summed E-state index contributed by atoms with van der Waals surface area (Å²) in [6.45, 7) is 1.92. The average molecular weight is 535 g/mol. The standard InChI is InChI=1S/C26H22Cl3NO5/c1-26(18-9-14(24(31)35-4)6-8-20(18)28)19-10-16(27)11-21(29)23(19)30(25(26)32)13-15-5-7-17(33-2)12-22(15)34-3/h5-12H,13H2,1-4H3. The summed E-state index contributed by atoms with van der Waals surface area (Å²) in [5, 5.41) is 1.01. The van der Waals surface area contributed by atoms with Crippen molar-refractivity contribution in [1.29, 1.82) is 0 Å². The Balaban J connectivity index is 1.91. The third kappa shape index (κ3) is 4.20. The number of hydrogen-bond donors (Lipinski definition) is 0. The molecule has 1 heterocycles. The lowest BCUT2D eigenvalue weighted by atomic mass is 9.76. The molecular weight excluding hydrogens is 513 g/mol. The largest absolute Gasteiger partial charge is 0.497 e. The number of nitrogens with zero attached hydrogens (tertiary/aromatic N) is 1. The van der Waals surface area contributed by atoms with E-state index in [9.17, 15) is 9.59 Å². The Morgan fingerprint density at radius 2 is 1.66 bits per heavy atom. The van der Waals surface area contributed by atoms with Crippen molar-refractivity contribution < 1.29 is 23.8 Å². The first kappa shape index (κ1) is 25.2. The molecular formula is C26H22Cl3NO5. The van der Waals surface area contributed by atoms with Crippen LogP contribution in [-0.4, -0.2) is 33.2 Å². The summed E-state index contributed by atoms with van der Waals surface area (Å²) in [7, 11) is 4.40. The Morgan fingerprint density at radius 3 is 2.31 bits per heavy atom. The topological polar surface area (TPSA) is 65.1 Å². The van der Waals surface area contributed by atoms with Gasteiger partial charge in [-0.15, -0.1) is 0 Å². The first-order chi connectivity index (χ1) is 16.6. The van der Waals surface area contributed by atoms with E-state index < -0.39 is 11.4 Å². The molecule has 0 N–H and O–H groups in total. The molecule has 9 heteroatoms. The minimum absolute atomic E-state index is 0.171. The van der Waals surface area contributed by atoms with Crippen molar-refractivity contribution in [2.45, 2.75) is 18.9 Å². The molecule has 4 rings (SSSR count). The third-order valence-corrected chi connectivity index (χ3v) is 7.09. The van der Waals surface area contributed by atoms with Gasteiger partial charge in [0.1, 0.15) is 16.9 Å². The number of ether oxygens (including phenoxy) is 3. The SMILES string of the molecule is COC(=O)c1ccc(Cl)c(C2(C)C(=O)N(Cc3ccc(OC)cc3OC)c3c(Cl)cc(Cl)cc32)c1. The Morgan fingerprint density at radius 1 is 0.914 bits per heavy atom.